The van der Waals surface area contributed by atoms with E-state index in [0.717, 1.165) is 11.0 Å². The Bertz CT molecular complexity index is 297. The number of pyridine rings is 2. The van der Waals surface area contributed by atoms with E-state index in [4.69, 9.17) is 0 Å². The van der Waals surface area contributed by atoms with Crippen LogP contribution in [-0.4, -0.2) is 9.97 Å². The molecule has 0 aliphatic rings. The summed E-state index contributed by atoms with van der Waals surface area (Å²) in [5.74, 6) is 0. The molecule has 0 fully saturated rings. The van der Waals surface area contributed by atoms with Gasteiger partial charge in [-0.1, -0.05) is 28.1 Å². The monoisotopic (exact) mass is 250 g/mol. The molecular weight excluding hydrogens is 240 g/mol. The smallest absolute Gasteiger partial charge is 0.0509 e. The molecule has 2 nitrogen and oxygen atoms in total. The molecular formula is C11H11BrN2. The average Bonchev–Trinajstić information content (AvgIpc) is 2.33. The summed E-state index contributed by atoms with van der Waals surface area (Å²) in [7, 11) is 0. The zero-order valence-corrected chi connectivity index (χ0v) is 9.26. The van der Waals surface area contributed by atoms with Gasteiger partial charge in [0.15, 0.2) is 0 Å². The maximum Gasteiger partial charge on any atom is 0.0509 e. The summed E-state index contributed by atoms with van der Waals surface area (Å²) in [5.41, 5.74) is 1.08. The molecule has 0 radical (unpaired) electrons. The second kappa shape index (κ2) is 7.21. The van der Waals surface area contributed by atoms with E-state index in [2.05, 4.69) is 25.9 Å². The highest BCUT2D eigenvalue weighted by Crippen LogP contribution is 1.98. The van der Waals surface area contributed by atoms with Crippen molar-refractivity contribution in [3.8, 4) is 0 Å². The van der Waals surface area contributed by atoms with Gasteiger partial charge >= 0.3 is 0 Å². The number of rotatable bonds is 1. The molecule has 0 unspecified atom stereocenters. The van der Waals surface area contributed by atoms with Gasteiger partial charge in [0.05, 0.1) is 5.69 Å². The van der Waals surface area contributed by atoms with Crippen LogP contribution in [0.2, 0.25) is 0 Å². The summed E-state index contributed by atoms with van der Waals surface area (Å²) in [4.78, 5) is 7.84. The number of hydrogen-bond acceptors (Lipinski definition) is 2. The van der Waals surface area contributed by atoms with Crippen molar-refractivity contribution < 1.29 is 0 Å². The summed E-state index contributed by atoms with van der Waals surface area (Å²) in [6, 6.07) is 11.6. The van der Waals surface area contributed by atoms with E-state index in [-0.39, 0.29) is 0 Å². The number of hydrogen-bond donors (Lipinski definition) is 0. The maximum atomic E-state index is 4.05. The normalized spacial score (nSPS) is 8.64. The lowest BCUT2D eigenvalue weighted by molar-refractivity contribution is 1.19. The fourth-order valence-corrected chi connectivity index (χ4v) is 1.12. The molecule has 2 aromatic heterocycles. The van der Waals surface area contributed by atoms with Crippen LogP contribution in [0.15, 0.2) is 55.0 Å². The van der Waals surface area contributed by atoms with Gasteiger partial charge in [0, 0.05) is 23.9 Å². The molecule has 0 saturated heterocycles. The molecule has 14 heavy (non-hydrogen) atoms. The topological polar surface area (TPSA) is 25.8 Å². The van der Waals surface area contributed by atoms with E-state index >= 15 is 0 Å². The van der Waals surface area contributed by atoms with Crippen LogP contribution in [0.4, 0.5) is 0 Å². The van der Waals surface area contributed by atoms with Gasteiger partial charge in [-0.25, -0.2) is 0 Å². The number of aromatic nitrogens is 2. The maximum absolute atomic E-state index is 4.05. The van der Waals surface area contributed by atoms with Gasteiger partial charge in [0.25, 0.3) is 0 Å². The van der Waals surface area contributed by atoms with Crippen molar-refractivity contribution in [3.05, 3.63) is 60.7 Å². The fraction of sp³-hybridized carbons (Fsp3) is 0.0909. The van der Waals surface area contributed by atoms with E-state index in [1.807, 2.05) is 36.4 Å². The Balaban J connectivity index is 0.000000146. The molecule has 0 aliphatic heterocycles. The molecule has 0 amide bonds. The van der Waals surface area contributed by atoms with E-state index in [1.54, 1.807) is 18.6 Å². The van der Waals surface area contributed by atoms with Crippen LogP contribution in [0.3, 0.4) is 0 Å². The summed E-state index contributed by atoms with van der Waals surface area (Å²) in [6.07, 6.45) is 5.29. The molecule has 0 atom stereocenters. The quantitative estimate of drug-likeness (QED) is 0.728. The van der Waals surface area contributed by atoms with E-state index < -0.39 is 0 Å². The summed E-state index contributed by atoms with van der Waals surface area (Å²) in [6.45, 7) is 0. The molecule has 0 aromatic carbocycles. The first-order valence-corrected chi connectivity index (χ1v) is 5.36. The van der Waals surface area contributed by atoms with Crippen molar-refractivity contribution in [2.75, 3.05) is 0 Å². The van der Waals surface area contributed by atoms with Crippen LogP contribution in [0.1, 0.15) is 5.69 Å². The Morgan fingerprint density at radius 2 is 1.64 bits per heavy atom. The van der Waals surface area contributed by atoms with Gasteiger partial charge in [-0.15, -0.1) is 0 Å². The highest BCUT2D eigenvalue weighted by Gasteiger charge is 1.83. The van der Waals surface area contributed by atoms with Gasteiger partial charge in [-0.2, -0.15) is 0 Å². The molecule has 2 rings (SSSR count). The highest BCUT2D eigenvalue weighted by atomic mass is 79.9. The first kappa shape index (κ1) is 10.9. The predicted octanol–water partition coefficient (Wildman–Crippen LogP) is 3.06. The molecule has 0 spiro atoms. The minimum absolute atomic E-state index is 0.841. The molecule has 0 aliphatic carbocycles. The van der Waals surface area contributed by atoms with Gasteiger partial charge in [-0.05, 0) is 24.3 Å². The number of alkyl halides is 1. The third-order valence-electron chi connectivity index (χ3n) is 1.43. The molecule has 0 bridgehead atoms. The van der Waals surface area contributed by atoms with Crippen LogP contribution >= 0.6 is 15.9 Å². The van der Waals surface area contributed by atoms with Crippen molar-refractivity contribution >= 4 is 15.9 Å². The van der Waals surface area contributed by atoms with Gasteiger partial charge in [0.2, 0.25) is 0 Å². The second-order valence-corrected chi connectivity index (χ2v) is 3.04. The molecule has 0 N–H and O–H groups in total. The molecule has 2 heterocycles. The van der Waals surface area contributed by atoms with Crippen LogP contribution in [0, 0.1) is 0 Å². The van der Waals surface area contributed by atoms with Crippen LogP contribution in [0.5, 0.6) is 0 Å². The van der Waals surface area contributed by atoms with Crippen molar-refractivity contribution in [1.29, 1.82) is 0 Å². The third-order valence-corrected chi connectivity index (χ3v) is 2.00. The first-order chi connectivity index (χ1) is 6.93. The third kappa shape index (κ3) is 4.72. The van der Waals surface area contributed by atoms with Crippen LogP contribution < -0.4 is 0 Å². The van der Waals surface area contributed by atoms with Crippen LogP contribution in [0.25, 0.3) is 0 Å². The van der Waals surface area contributed by atoms with Crippen molar-refractivity contribution in [2.24, 2.45) is 0 Å². The van der Waals surface area contributed by atoms with E-state index in [9.17, 15) is 0 Å². The van der Waals surface area contributed by atoms with Crippen molar-refractivity contribution in [2.45, 2.75) is 5.33 Å². The lowest BCUT2D eigenvalue weighted by atomic mass is 10.4. The van der Waals surface area contributed by atoms with E-state index in [1.165, 1.54) is 0 Å². The first-order valence-electron chi connectivity index (χ1n) is 4.24. The zero-order chi connectivity index (χ0) is 10.1. The summed E-state index contributed by atoms with van der Waals surface area (Å²) in [5, 5.41) is 0.841. The van der Waals surface area contributed by atoms with Crippen molar-refractivity contribution in [3.63, 3.8) is 0 Å². The average molecular weight is 251 g/mol. The largest absolute Gasteiger partial charge is 0.265 e. The Morgan fingerprint density at radius 1 is 0.929 bits per heavy atom. The predicted molar refractivity (Wildman–Crippen MR) is 61.1 cm³/mol. The minimum atomic E-state index is 0.841. The van der Waals surface area contributed by atoms with Crippen LogP contribution in [-0.2, 0) is 5.33 Å². The lowest BCUT2D eigenvalue weighted by Crippen LogP contribution is -1.78. The number of nitrogens with zero attached hydrogens (tertiary/aromatic N) is 2. The summed E-state index contributed by atoms with van der Waals surface area (Å²) < 4.78 is 0. The Kier molecular flexibility index (Phi) is 5.59. The van der Waals surface area contributed by atoms with E-state index in [0.29, 0.717) is 0 Å². The highest BCUT2D eigenvalue weighted by molar-refractivity contribution is 9.08. The molecule has 0 saturated carbocycles. The zero-order valence-electron chi connectivity index (χ0n) is 7.68. The second-order valence-electron chi connectivity index (χ2n) is 2.48. The van der Waals surface area contributed by atoms with Gasteiger partial charge in [-0.3, -0.25) is 9.97 Å². The standard InChI is InChI=1S/C6H6BrN.C5H5N/c7-5-6-3-1-2-4-8-6;1-2-4-6-5-3-1/h1-4H,5H2;1-5H. The molecule has 3 heteroatoms. The Hall–Kier alpha value is -1.22. The van der Waals surface area contributed by atoms with Crippen molar-refractivity contribution in [1.82, 2.24) is 9.97 Å². The molecule has 72 valence electrons. The Labute approximate surface area is 92.2 Å². The SMILES string of the molecule is BrCc1ccccn1.c1ccncc1. The summed E-state index contributed by atoms with van der Waals surface area (Å²) >= 11 is 3.29. The lowest BCUT2D eigenvalue weighted by Gasteiger charge is -1.87. The fourth-order valence-electron chi connectivity index (χ4n) is 0.790. The van der Waals surface area contributed by atoms with Gasteiger partial charge in [0.1, 0.15) is 0 Å². The minimum Gasteiger partial charge on any atom is -0.265 e. The number of halogens is 1. The van der Waals surface area contributed by atoms with Gasteiger partial charge < -0.3 is 0 Å². The Morgan fingerprint density at radius 3 is 1.93 bits per heavy atom. The molecule has 2 aromatic rings.